The van der Waals surface area contributed by atoms with Crippen LogP contribution in [0.1, 0.15) is 37.4 Å². The average Bonchev–Trinajstić information content (AvgIpc) is 2.80. The summed E-state index contributed by atoms with van der Waals surface area (Å²) < 4.78 is 5.38. The zero-order valence-electron chi connectivity index (χ0n) is 11.1. The Balaban J connectivity index is 2.58. The van der Waals surface area contributed by atoms with Gasteiger partial charge in [0.1, 0.15) is 17.6 Å². The number of aryl methyl sites for hydroxylation is 1. The average molecular weight is 250 g/mol. The smallest absolute Gasteiger partial charge is 0.133 e. The zero-order valence-corrected chi connectivity index (χ0v) is 11.1. The Morgan fingerprint density at radius 2 is 2.22 bits per heavy atom. The monoisotopic (exact) mass is 250 g/mol. The normalized spacial score (nSPS) is 15.4. The summed E-state index contributed by atoms with van der Waals surface area (Å²) in [7, 11) is 0. The highest BCUT2D eigenvalue weighted by Gasteiger charge is 2.22. The van der Waals surface area contributed by atoms with Crippen molar-refractivity contribution in [2.75, 3.05) is 6.61 Å². The molecule has 0 aromatic carbocycles. The van der Waals surface area contributed by atoms with E-state index in [9.17, 15) is 10.2 Å². The van der Waals surface area contributed by atoms with Crippen molar-refractivity contribution >= 4 is 0 Å². The van der Waals surface area contributed by atoms with Gasteiger partial charge in [-0.1, -0.05) is 24.3 Å². The molecule has 3 heteroatoms. The first-order chi connectivity index (χ1) is 8.58. The van der Waals surface area contributed by atoms with Crippen LogP contribution in [0.5, 0.6) is 0 Å². The van der Waals surface area contributed by atoms with Gasteiger partial charge in [0, 0.05) is 12.5 Å². The number of hydrogen-bond donors (Lipinski definition) is 2. The number of furan rings is 1. The zero-order chi connectivity index (χ0) is 13.5. The first-order valence-corrected chi connectivity index (χ1v) is 6.23. The van der Waals surface area contributed by atoms with Crippen LogP contribution >= 0.6 is 0 Å². The molecule has 0 spiro atoms. The molecule has 0 fully saturated rings. The van der Waals surface area contributed by atoms with E-state index >= 15 is 0 Å². The van der Waals surface area contributed by atoms with Gasteiger partial charge in [0.2, 0.25) is 0 Å². The molecule has 0 aliphatic carbocycles. The van der Waals surface area contributed by atoms with E-state index in [1.54, 1.807) is 12.1 Å². The van der Waals surface area contributed by atoms with E-state index in [2.05, 4.69) is 12.7 Å². The Morgan fingerprint density at radius 3 is 2.72 bits per heavy atom. The third-order valence-corrected chi connectivity index (χ3v) is 3.06. The second-order valence-electron chi connectivity index (χ2n) is 4.57. The molecule has 2 unspecified atom stereocenters. The molecule has 0 aliphatic rings. The largest absolute Gasteiger partial charge is 0.464 e. The lowest BCUT2D eigenvalue weighted by Gasteiger charge is -2.18. The Bertz CT molecular complexity index is 404. The Hall–Kier alpha value is -1.32. The highest BCUT2D eigenvalue weighted by atomic mass is 16.4. The van der Waals surface area contributed by atoms with E-state index in [4.69, 9.17) is 4.42 Å². The van der Waals surface area contributed by atoms with Crippen LogP contribution in [-0.2, 0) is 0 Å². The number of allylic oxidation sites excluding steroid dienone is 3. The van der Waals surface area contributed by atoms with Crippen molar-refractivity contribution in [3.05, 3.63) is 48.0 Å². The van der Waals surface area contributed by atoms with E-state index < -0.39 is 6.10 Å². The lowest BCUT2D eigenvalue weighted by atomic mass is 9.95. The second kappa shape index (κ2) is 7.19. The predicted molar refractivity (Wildman–Crippen MR) is 72.2 cm³/mol. The molecule has 0 saturated carbocycles. The van der Waals surface area contributed by atoms with Crippen LogP contribution in [0, 0.1) is 12.8 Å². The summed E-state index contributed by atoms with van der Waals surface area (Å²) in [5.41, 5.74) is 1.11. The molecule has 100 valence electrons. The third kappa shape index (κ3) is 4.17. The second-order valence-corrected chi connectivity index (χ2v) is 4.57. The maximum Gasteiger partial charge on any atom is 0.133 e. The Kier molecular flexibility index (Phi) is 5.89. The molecule has 0 amide bonds. The first-order valence-electron chi connectivity index (χ1n) is 6.23. The molecular weight excluding hydrogens is 228 g/mol. The van der Waals surface area contributed by atoms with Crippen LogP contribution in [-0.4, -0.2) is 16.8 Å². The minimum absolute atomic E-state index is 0.0537. The van der Waals surface area contributed by atoms with Gasteiger partial charge in [0.25, 0.3) is 0 Å². The molecule has 1 aromatic rings. The molecule has 2 atom stereocenters. The van der Waals surface area contributed by atoms with E-state index in [0.717, 1.165) is 17.8 Å². The molecule has 0 aliphatic heterocycles. The summed E-state index contributed by atoms with van der Waals surface area (Å²) in [6.07, 6.45) is 4.61. The molecule has 1 rings (SSSR count). The van der Waals surface area contributed by atoms with Crippen LogP contribution in [0.2, 0.25) is 0 Å². The van der Waals surface area contributed by atoms with Crippen LogP contribution in [0.25, 0.3) is 0 Å². The van der Waals surface area contributed by atoms with Gasteiger partial charge in [-0.25, -0.2) is 0 Å². The van der Waals surface area contributed by atoms with Gasteiger partial charge in [-0.2, -0.15) is 0 Å². The molecule has 0 radical (unpaired) electrons. The van der Waals surface area contributed by atoms with Gasteiger partial charge in [-0.05, 0) is 38.8 Å². The highest BCUT2D eigenvalue weighted by Crippen LogP contribution is 2.27. The van der Waals surface area contributed by atoms with Gasteiger partial charge in [0.05, 0.1) is 0 Å². The first kappa shape index (κ1) is 14.7. The maximum absolute atomic E-state index is 10.1. The van der Waals surface area contributed by atoms with Crippen LogP contribution < -0.4 is 0 Å². The molecule has 1 heterocycles. The van der Waals surface area contributed by atoms with Crippen molar-refractivity contribution in [3.63, 3.8) is 0 Å². The van der Waals surface area contributed by atoms with Crippen molar-refractivity contribution in [1.29, 1.82) is 0 Å². The topological polar surface area (TPSA) is 53.6 Å². The molecule has 1 aromatic heterocycles. The molecule has 2 N–H and O–H groups in total. The number of aliphatic hydroxyl groups is 2. The number of rotatable bonds is 7. The Morgan fingerprint density at radius 1 is 1.50 bits per heavy atom. The molecular formula is C15H22O3. The summed E-state index contributed by atoms with van der Waals surface area (Å²) in [5, 5.41) is 19.5. The quantitative estimate of drug-likeness (QED) is 0.731. The van der Waals surface area contributed by atoms with Crippen molar-refractivity contribution in [3.8, 4) is 0 Å². The predicted octanol–water partition coefficient (Wildman–Crippen LogP) is 3.14. The molecule has 0 bridgehead atoms. The van der Waals surface area contributed by atoms with E-state index in [1.165, 1.54) is 0 Å². The standard InChI is InChI=1S/C15H22O3/c1-4-11(2)6-5-7-13(10-16)15(17)14-9-8-12(3)18-14/h4,6,8-9,13,15-17H,1,5,7,10H2,2-3H3/b11-6+. The van der Waals surface area contributed by atoms with Gasteiger partial charge in [-0.15, -0.1) is 0 Å². The van der Waals surface area contributed by atoms with E-state index in [1.807, 2.05) is 19.9 Å². The molecule has 0 saturated heterocycles. The van der Waals surface area contributed by atoms with E-state index in [-0.39, 0.29) is 12.5 Å². The lowest BCUT2D eigenvalue weighted by molar-refractivity contribution is 0.0458. The van der Waals surface area contributed by atoms with Crippen molar-refractivity contribution in [1.82, 2.24) is 0 Å². The number of aliphatic hydroxyl groups excluding tert-OH is 2. The Labute approximate surface area is 108 Å². The SMILES string of the molecule is C=C/C(C)=C/CCC(CO)C(O)c1ccc(C)o1. The van der Waals surface area contributed by atoms with Gasteiger partial charge in [-0.3, -0.25) is 0 Å². The fourth-order valence-corrected chi connectivity index (χ4v) is 1.80. The fourth-order valence-electron chi connectivity index (χ4n) is 1.80. The highest BCUT2D eigenvalue weighted by molar-refractivity contribution is 5.13. The van der Waals surface area contributed by atoms with Gasteiger partial charge < -0.3 is 14.6 Å². The van der Waals surface area contributed by atoms with Crippen LogP contribution in [0.3, 0.4) is 0 Å². The third-order valence-electron chi connectivity index (χ3n) is 3.06. The van der Waals surface area contributed by atoms with Crippen molar-refractivity contribution in [2.24, 2.45) is 5.92 Å². The minimum atomic E-state index is -0.749. The van der Waals surface area contributed by atoms with Crippen LogP contribution in [0.15, 0.2) is 40.9 Å². The summed E-state index contributed by atoms with van der Waals surface area (Å²) in [4.78, 5) is 0. The lowest BCUT2D eigenvalue weighted by Crippen LogP contribution is -2.16. The summed E-state index contributed by atoms with van der Waals surface area (Å²) in [6.45, 7) is 7.44. The van der Waals surface area contributed by atoms with Gasteiger partial charge in [0.15, 0.2) is 0 Å². The van der Waals surface area contributed by atoms with Gasteiger partial charge >= 0.3 is 0 Å². The van der Waals surface area contributed by atoms with Crippen molar-refractivity contribution < 1.29 is 14.6 Å². The molecule has 3 nitrogen and oxygen atoms in total. The number of hydrogen-bond acceptors (Lipinski definition) is 3. The van der Waals surface area contributed by atoms with Crippen molar-refractivity contribution in [2.45, 2.75) is 32.8 Å². The van der Waals surface area contributed by atoms with E-state index in [0.29, 0.717) is 12.2 Å². The van der Waals surface area contributed by atoms with Crippen LogP contribution in [0.4, 0.5) is 0 Å². The summed E-state index contributed by atoms with van der Waals surface area (Å²) >= 11 is 0. The minimum Gasteiger partial charge on any atom is -0.464 e. The molecule has 18 heavy (non-hydrogen) atoms. The fraction of sp³-hybridized carbons (Fsp3) is 0.467. The summed E-state index contributed by atoms with van der Waals surface area (Å²) in [5.74, 6) is 1.09. The summed E-state index contributed by atoms with van der Waals surface area (Å²) in [6, 6.07) is 3.57. The maximum atomic E-state index is 10.1.